The highest BCUT2D eigenvalue weighted by atomic mass is 35.5. The molecule has 42 heavy (non-hydrogen) atoms. The highest BCUT2D eigenvalue weighted by Crippen LogP contribution is 2.38. The first-order chi connectivity index (χ1) is 19.7. The standard InChI is InChI=1S/C27H29ClF4N6O3S/c1-38(2)14-26(39)36-23-11-17(16-4-3-5-18(10-16)27(30,31)32)6-7-21(23)35-22-13-20(29)24(12-19(22)28)42(40,41)37-25-8-9-33-15-34-25/h3-5,8-10,12-13,15,17,21,23,35H,6-7,11,14H2,1-2H3,(H,36,39)(H,33,34,37)/t17-,21-,23-/m0/s1. The minimum atomic E-state index is -4.49. The molecule has 0 radical (unpaired) electrons. The van der Waals surface area contributed by atoms with Crippen molar-refractivity contribution in [1.82, 2.24) is 20.2 Å². The molecule has 1 fully saturated rings. The summed E-state index contributed by atoms with van der Waals surface area (Å²) in [7, 11) is -0.933. The number of hydrogen-bond acceptors (Lipinski definition) is 7. The Labute approximate surface area is 245 Å². The Balaban J connectivity index is 1.57. The van der Waals surface area contributed by atoms with Crippen LogP contribution in [-0.2, 0) is 21.0 Å². The minimum Gasteiger partial charge on any atom is -0.379 e. The van der Waals surface area contributed by atoms with Crippen molar-refractivity contribution in [3.8, 4) is 0 Å². The van der Waals surface area contributed by atoms with Crippen molar-refractivity contribution in [2.24, 2.45) is 0 Å². The number of halogens is 5. The number of rotatable bonds is 9. The summed E-state index contributed by atoms with van der Waals surface area (Å²) in [6.45, 7) is 0.0821. The number of aromatic nitrogens is 2. The first-order valence-electron chi connectivity index (χ1n) is 12.9. The molecule has 3 atom stereocenters. The summed E-state index contributed by atoms with van der Waals surface area (Å²) in [5.41, 5.74) is -0.144. The fraction of sp³-hybridized carbons (Fsp3) is 0.370. The second-order valence-corrected chi connectivity index (χ2v) is 12.3. The average molecular weight is 629 g/mol. The molecule has 1 amide bonds. The molecule has 1 saturated carbocycles. The summed E-state index contributed by atoms with van der Waals surface area (Å²) in [5.74, 6) is -1.70. The summed E-state index contributed by atoms with van der Waals surface area (Å²) >= 11 is 6.39. The first kappa shape index (κ1) is 31.4. The molecule has 0 unspecified atom stereocenters. The molecule has 0 spiro atoms. The SMILES string of the molecule is CN(C)CC(=O)N[C@H]1C[C@@H](c2cccc(C(F)(F)F)c2)CC[C@@H]1Nc1cc(F)c(S(=O)(=O)Nc2ccncn2)cc1Cl. The highest BCUT2D eigenvalue weighted by Gasteiger charge is 2.35. The van der Waals surface area contributed by atoms with E-state index in [-0.39, 0.29) is 34.9 Å². The Bertz CT molecular complexity index is 1530. The van der Waals surface area contributed by atoms with E-state index in [1.54, 1.807) is 25.1 Å². The molecule has 3 N–H and O–H groups in total. The van der Waals surface area contributed by atoms with Gasteiger partial charge in [0.25, 0.3) is 10.0 Å². The molecule has 9 nitrogen and oxygen atoms in total. The predicted molar refractivity (Wildman–Crippen MR) is 150 cm³/mol. The predicted octanol–water partition coefficient (Wildman–Crippen LogP) is 4.88. The number of carbonyl (C=O) groups is 1. The first-order valence-corrected chi connectivity index (χ1v) is 14.7. The lowest BCUT2D eigenvalue weighted by atomic mass is 9.78. The molecule has 15 heteroatoms. The minimum absolute atomic E-state index is 0.0587. The van der Waals surface area contributed by atoms with Crippen molar-refractivity contribution in [2.75, 3.05) is 30.7 Å². The van der Waals surface area contributed by atoms with Gasteiger partial charge in [0.15, 0.2) is 0 Å². The number of nitrogens with zero attached hydrogens (tertiary/aromatic N) is 3. The van der Waals surface area contributed by atoms with Gasteiger partial charge in [-0.15, -0.1) is 0 Å². The molecule has 4 rings (SSSR count). The maximum absolute atomic E-state index is 15.1. The Morgan fingerprint density at radius 2 is 1.88 bits per heavy atom. The van der Waals surface area contributed by atoms with Crippen LogP contribution in [0.2, 0.25) is 5.02 Å². The summed E-state index contributed by atoms with van der Waals surface area (Å²) in [5, 5.41) is 5.98. The number of carbonyl (C=O) groups excluding carboxylic acids is 1. The van der Waals surface area contributed by atoms with E-state index in [4.69, 9.17) is 11.6 Å². The molecule has 226 valence electrons. The van der Waals surface area contributed by atoms with Crippen molar-refractivity contribution in [3.63, 3.8) is 0 Å². The van der Waals surface area contributed by atoms with Crippen LogP contribution >= 0.6 is 11.6 Å². The van der Waals surface area contributed by atoms with Gasteiger partial charge in [-0.1, -0.05) is 29.8 Å². The normalized spacial score (nSPS) is 19.4. The Morgan fingerprint density at radius 1 is 1.12 bits per heavy atom. The molecule has 2 aromatic carbocycles. The van der Waals surface area contributed by atoms with E-state index in [1.165, 1.54) is 18.3 Å². The van der Waals surface area contributed by atoms with E-state index in [2.05, 4.69) is 25.3 Å². The molecule has 1 heterocycles. The van der Waals surface area contributed by atoms with Gasteiger partial charge in [-0.05, 0) is 69.1 Å². The van der Waals surface area contributed by atoms with Gasteiger partial charge >= 0.3 is 6.18 Å². The van der Waals surface area contributed by atoms with Crippen LogP contribution < -0.4 is 15.4 Å². The Morgan fingerprint density at radius 3 is 2.55 bits per heavy atom. The zero-order valence-corrected chi connectivity index (χ0v) is 24.2. The van der Waals surface area contributed by atoms with E-state index < -0.39 is 44.6 Å². The number of benzene rings is 2. The van der Waals surface area contributed by atoms with E-state index in [9.17, 15) is 26.4 Å². The fourth-order valence-corrected chi connectivity index (χ4v) is 6.28. The third-order valence-corrected chi connectivity index (χ3v) is 8.50. The topological polar surface area (TPSA) is 116 Å². The fourth-order valence-electron chi connectivity index (χ4n) is 4.90. The molecule has 1 aliphatic rings. The molecule has 0 aliphatic heterocycles. The summed E-state index contributed by atoms with van der Waals surface area (Å²) in [6, 6.07) is 7.32. The number of alkyl halides is 3. The second-order valence-electron chi connectivity index (χ2n) is 10.3. The molecule has 0 saturated heterocycles. The monoisotopic (exact) mass is 628 g/mol. The Hall–Kier alpha value is -3.49. The molecule has 1 aliphatic carbocycles. The van der Waals surface area contributed by atoms with Crippen molar-refractivity contribution < 1.29 is 30.8 Å². The van der Waals surface area contributed by atoms with Crippen LogP contribution in [0.25, 0.3) is 0 Å². The van der Waals surface area contributed by atoms with E-state index in [1.807, 2.05) is 0 Å². The molecular weight excluding hydrogens is 600 g/mol. The van der Waals surface area contributed by atoms with Crippen LogP contribution in [0.4, 0.5) is 29.1 Å². The lowest BCUT2D eigenvalue weighted by Gasteiger charge is -2.38. The number of likely N-dealkylation sites (N-methyl/N-ethyl adjacent to an activating group) is 1. The zero-order valence-electron chi connectivity index (χ0n) is 22.6. The largest absolute Gasteiger partial charge is 0.416 e. The van der Waals surface area contributed by atoms with Crippen LogP contribution in [0.3, 0.4) is 0 Å². The van der Waals surface area contributed by atoms with Crippen molar-refractivity contribution >= 4 is 39.0 Å². The van der Waals surface area contributed by atoms with Gasteiger partial charge in [0.1, 0.15) is 22.9 Å². The van der Waals surface area contributed by atoms with Gasteiger partial charge in [0.05, 0.1) is 22.8 Å². The molecule has 0 bridgehead atoms. The molecular formula is C27H29ClF4N6O3S. The van der Waals surface area contributed by atoms with Gasteiger partial charge < -0.3 is 15.5 Å². The van der Waals surface area contributed by atoms with Crippen molar-refractivity contribution in [2.45, 2.75) is 48.3 Å². The van der Waals surface area contributed by atoms with Crippen LogP contribution in [0.1, 0.15) is 36.3 Å². The highest BCUT2D eigenvalue weighted by molar-refractivity contribution is 7.92. The van der Waals surface area contributed by atoms with E-state index in [0.717, 1.165) is 30.6 Å². The van der Waals surface area contributed by atoms with Crippen molar-refractivity contribution in [3.05, 3.63) is 77.0 Å². The van der Waals surface area contributed by atoms with Gasteiger partial charge in [-0.25, -0.2) is 22.8 Å². The van der Waals surface area contributed by atoms with Crippen LogP contribution in [0, 0.1) is 5.82 Å². The van der Waals surface area contributed by atoms with Crippen LogP contribution in [0.5, 0.6) is 0 Å². The third kappa shape index (κ3) is 7.86. The van der Waals surface area contributed by atoms with Crippen molar-refractivity contribution in [1.29, 1.82) is 0 Å². The maximum Gasteiger partial charge on any atom is 0.416 e. The van der Waals surface area contributed by atoms with Crippen LogP contribution in [0.15, 0.2) is 59.9 Å². The zero-order chi connectivity index (χ0) is 30.7. The van der Waals surface area contributed by atoms with Gasteiger partial charge in [-0.3, -0.25) is 9.52 Å². The summed E-state index contributed by atoms with van der Waals surface area (Å²) in [4.78, 5) is 21.1. The van der Waals surface area contributed by atoms with E-state index >= 15 is 4.39 Å². The lowest BCUT2D eigenvalue weighted by Crippen LogP contribution is -2.51. The quantitative estimate of drug-likeness (QED) is 0.289. The van der Waals surface area contributed by atoms with Crippen LogP contribution in [-0.4, -0.2) is 61.9 Å². The Kier molecular flexibility index (Phi) is 9.58. The number of nitrogens with one attached hydrogen (secondary N) is 3. The van der Waals surface area contributed by atoms with Gasteiger partial charge in [0.2, 0.25) is 5.91 Å². The smallest absolute Gasteiger partial charge is 0.379 e. The molecule has 3 aromatic rings. The third-order valence-electron chi connectivity index (χ3n) is 6.81. The summed E-state index contributed by atoms with van der Waals surface area (Å²) in [6.07, 6.45) is -0.845. The van der Waals surface area contributed by atoms with Gasteiger partial charge in [-0.2, -0.15) is 13.2 Å². The average Bonchev–Trinajstić information content (AvgIpc) is 2.91. The number of amides is 1. The number of sulfonamides is 1. The van der Waals surface area contributed by atoms with Gasteiger partial charge in [0, 0.05) is 18.3 Å². The lowest BCUT2D eigenvalue weighted by molar-refractivity contribution is -0.137. The second kappa shape index (κ2) is 12.8. The summed E-state index contributed by atoms with van der Waals surface area (Å²) < 4.78 is 82.8. The maximum atomic E-state index is 15.1. The van der Waals surface area contributed by atoms with E-state index in [0.29, 0.717) is 24.8 Å². The number of hydrogen-bond donors (Lipinski definition) is 3. The number of anilines is 2. The molecule has 1 aromatic heterocycles.